The number of ether oxygens (including phenoxy) is 1. The first-order valence-corrected chi connectivity index (χ1v) is 7.28. The summed E-state index contributed by atoms with van der Waals surface area (Å²) in [6.45, 7) is 2.73. The van der Waals surface area contributed by atoms with E-state index in [9.17, 15) is 4.79 Å². The average molecular weight is 350 g/mol. The molecule has 2 rings (SSSR count). The van der Waals surface area contributed by atoms with Gasteiger partial charge in [0.05, 0.1) is 18.4 Å². The van der Waals surface area contributed by atoms with Gasteiger partial charge >= 0.3 is 0 Å². The number of carbonyl (C=O) groups is 1. The molecule has 1 aromatic heterocycles. The molecule has 0 aliphatic carbocycles. The van der Waals surface area contributed by atoms with E-state index in [1.807, 2.05) is 31.2 Å². The summed E-state index contributed by atoms with van der Waals surface area (Å²) in [7, 11) is 1.72. The minimum atomic E-state index is -0.165. The molecule has 0 spiro atoms. The predicted molar refractivity (Wildman–Crippen MR) is 83.4 cm³/mol. The highest BCUT2D eigenvalue weighted by atomic mass is 79.9. The highest BCUT2D eigenvalue weighted by Gasteiger charge is 2.13. The third-order valence-corrected chi connectivity index (χ3v) is 3.38. The Morgan fingerprint density at radius 3 is 2.57 bits per heavy atom. The van der Waals surface area contributed by atoms with Gasteiger partial charge < -0.3 is 9.64 Å². The Labute approximate surface area is 132 Å². The molecule has 0 saturated carbocycles. The number of benzene rings is 1. The molecule has 0 saturated heterocycles. The van der Waals surface area contributed by atoms with Gasteiger partial charge in [-0.3, -0.25) is 9.78 Å². The SMILES string of the molecule is Cc1cnc(C(=O)N(C)CCOc2ccc(Br)cc2)cn1. The lowest BCUT2D eigenvalue weighted by Gasteiger charge is -2.17. The van der Waals surface area contributed by atoms with Crippen molar-refractivity contribution < 1.29 is 9.53 Å². The van der Waals surface area contributed by atoms with Crippen LogP contribution in [0, 0.1) is 6.92 Å². The first kappa shape index (κ1) is 15.4. The van der Waals surface area contributed by atoms with Gasteiger partial charge in [-0.25, -0.2) is 4.98 Å². The van der Waals surface area contributed by atoms with E-state index in [2.05, 4.69) is 25.9 Å². The van der Waals surface area contributed by atoms with E-state index < -0.39 is 0 Å². The van der Waals surface area contributed by atoms with Crippen LogP contribution < -0.4 is 4.74 Å². The van der Waals surface area contributed by atoms with Gasteiger partial charge in [0.25, 0.3) is 5.91 Å². The van der Waals surface area contributed by atoms with Gasteiger partial charge in [-0.15, -0.1) is 0 Å². The molecule has 1 amide bonds. The summed E-state index contributed by atoms with van der Waals surface area (Å²) in [5, 5.41) is 0. The van der Waals surface area contributed by atoms with Crippen LogP contribution in [0.1, 0.15) is 16.2 Å². The van der Waals surface area contributed by atoms with E-state index in [-0.39, 0.29) is 5.91 Å². The second-order valence-electron chi connectivity index (χ2n) is 4.57. The Morgan fingerprint density at radius 1 is 1.24 bits per heavy atom. The Morgan fingerprint density at radius 2 is 1.95 bits per heavy atom. The number of rotatable bonds is 5. The van der Waals surface area contributed by atoms with E-state index >= 15 is 0 Å². The van der Waals surface area contributed by atoms with Crippen LogP contribution >= 0.6 is 15.9 Å². The van der Waals surface area contributed by atoms with Crippen LogP contribution in [0.25, 0.3) is 0 Å². The summed E-state index contributed by atoms with van der Waals surface area (Å²) in [5.74, 6) is 0.607. The lowest BCUT2D eigenvalue weighted by Crippen LogP contribution is -2.31. The molecule has 1 heterocycles. The number of likely N-dealkylation sites (N-methyl/N-ethyl adjacent to an activating group) is 1. The summed E-state index contributed by atoms with van der Waals surface area (Å²) < 4.78 is 6.59. The number of halogens is 1. The third kappa shape index (κ3) is 4.53. The highest BCUT2D eigenvalue weighted by Crippen LogP contribution is 2.15. The number of aromatic nitrogens is 2. The van der Waals surface area contributed by atoms with Gasteiger partial charge in [-0.2, -0.15) is 0 Å². The van der Waals surface area contributed by atoms with Crippen molar-refractivity contribution in [2.45, 2.75) is 6.92 Å². The molecular formula is C15H16BrN3O2. The molecule has 0 atom stereocenters. The standard InChI is InChI=1S/C15H16BrN3O2/c1-11-9-18-14(10-17-11)15(20)19(2)7-8-21-13-5-3-12(16)4-6-13/h3-6,9-10H,7-8H2,1-2H3. The van der Waals surface area contributed by atoms with E-state index in [0.29, 0.717) is 18.8 Å². The van der Waals surface area contributed by atoms with Crippen molar-refractivity contribution in [1.82, 2.24) is 14.9 Å². The van der Waals surface area contributed by atoms with Crippen molar-refractivity contribution in [2.75, 3.05) is 20.2 Å². The van der Waals surface area contributed by atoms with Crippen LogP contribution in [0.4, 0.5) is 0 Å². The number of hydrogen-bond donors (Lipinski definition) is 0. The minimum absolute atomic E-state index is 0.165. The van der Waals surface area contributed by atoms with Crippen LogP contribution in [-0.4, -0.2) is 41.0 Å². The summed E-state index contributed by atoms with van der Waals surface area (Å²) in [4.78, 5) is 21.8. The van der Waals surface area contributed by atoms with Gasteiger partial charge in [0.1, 0.15) is 18.1 Å². The maximum Gasteiger partial charge on any atom is 0.273 e. The number of hydrogen-bond acceptors (Lipinski definition) is 4. The Hall–Kier alpha value is -1.95. The van der Waals surface area contributed by atoms with E-state index in [1.165, 1.54) is 6.20 Å². The molecular weight excluding hydrogens is 334 g/mol. The molecule has 0 bridgehead atoms. The molecule has 0 fully saturated rings. The summed E-state index contributed by atoms with van der Waals surface area (Å²) in [6, 6.07) is 7.56. The van der Waals surface area contributed by atoms with Crippen molar-refractivity contribution in [3.05, 3.63) is 52.5 Å². The first-order valence-electron chi connectivity index (χ1n) is 6.49. The molecule has 2 aromatic rings. The first-order chi connectivity index (χ1) is 10.1. The van der Waals surface area contributed by atoms with E-state index in [1.54, 1.807) is 18.1 Å². The van der Waals surface area contributed by atoms with E-state index in [0.717, 1.165) is 15.9 Å². The Kier molecular flexibility index (Phi) is 5.27. The number of aryl methyl sites for hydroxylation is 1. The topological polar surface area (TPSA) is 55.3 Å². The number of nitrogens with zero attached hydrogens (tertiary/aromatic N) is 3. The van der Waals surface area contributed by atoms with Gasteiger partial charge in [0, 0.05) is 17.7 Å². The van der Waals surface area contributed by atoms with Gasteiger partial charge in [-0.05, 0) is 31.2 Å². The molecule has 5 nitrogen and oxygen atoms in total. The maximum atomic E-state index is 12.1. The zero-order chi connectivity index (χ0) is 15.2. The van der Waals surface area contributed by atoms with Gasteiger partial charge in [-0.1, -0.05) is 15.9 Å². The largest absolute Gasteiger partial charge is 0.492 e. The van der Waals surface area contributed by atoms with Crippen molar-refractivity contribution in [2.24, 2.45) is 0 Å². The fourth-order valence-corrected chi connectivity index (χ4v) is 1.90. The fourth-order valence-electron chi connectivity index (χ4n) is 1.63. The van der Waals surface area contributed by atoms with Gasteiger partial charge in [0.15, 0.2) is 0 Å². The van der Waals surface area contributed by atoms with Crippen molar-refractivity contribution in [3.63, 3.8) is 0 Å². The lowest BCUT2D eigenvalue weighted by atomic mass is 10.3. The summed E-state index contributed by atoms with van der Waals surface area (Å²) in [5.41, 5.74) is 1.12. The van der Waals surface area contributed by atoms with Crippen molar-refractivity contribution >= 4 is 21.8 Å². The molecule has 110 valence electrons. The van der Waals surface area contributed by atoms with Crippen LogP contribution in [0.3, 0.4) is 0 Å². The quantitative estimate of drug-likeness (QED) is 0.832. The smallest absolute Gasteiger partial charge is 0.273 e. The second kappa shape index (κ2) is 7.17. The molecule has 1 aromatic carbocycles. The Balaban J connectivity index is 1.83. The summed E-state index contributed by atoms with van der Waals surface area (Å²) in [6.07, 6.45) is 3.07. The minimum Gasteiger partial charge on any atom is -0.492 e. The monoisotopic (exact) mass is 349 g/mol. The molecule has 0 N–H and O–H groups in total. The lowest BCUT2D eigenvalue weighted by molar-refractivity contribution is 0.0767. The fraction of sp³-hybridized carbons (Fsp3) is 0.267. The molecule has 6 heteroatoms. The zero-order valence-corrected chi connectivity index (χ0v) is 13.5. The van der Waals surface area contributed by atoms with Crippen LogP contribution in [0.2, 0.25) is 0 Å². The molecule has 0 unspecified atom stereocenters. The summed E-state index contributed by atoms with van der Waals surface area (Å²) >= 11 is 3.37. The molecule has 0 radical (unpaired) electrons. The van der Waals surface area contributed by atoms with Crippen LogP contribution in [-0.2, 0) is 0 Å². The molecule has 0 aliphatic rings. The van der Waals surface area contributed by atoms with E-state index in [4.69, 9.17) is 4.74 Å². The average Bonchev–Trinajstić information content (AvgIpc) is 2.49. The third-order valence-electron chi connectivity index (χ3n) is 2.86. The molecule has 0 aliphatic heterocycles. The second-order valence-corrected chi connectivity index (χ2v) is 5.49. The van der Waals surface area contributed by atoms with Crippen molar-refractivity contribution in [3.8, 4) is 5.75 Å². The highest BCUT2D eigenvalue weighted by molar-refractivity contribution is 9.10. The predicted octanol–water partition coefficient (Wildman–Crippen LogP) is 2.70. The van der Waals surface area contributed by atoms with Crippen LogP contribution in [0.5, 0.6) is 5.75 Å². The van der Waals surface area contributed by atoms with Crippen LogP contribution in [0.15, 0.2) is 41.1 Å². The van der Waals surface area contributed by atoms with Gasteiger partial charge in [0.2, 0.25) is 0 Å². The number of amides is 1. The maximum absolute atomic E-state index is 12.1. The molecule has 21 heavy (non-hydrogen) atoms. The van der Waals surface area contributed by atoms with Crippen molar-refractivity contribution in [1.29, 1.82) is 0 Å². The zero-order valence-electron chi connectivity index (χ0n) is 11.9. The Bertz CT molecular complexity index is 599. The normalized spacial score (nSPS) is 10.2. The number of carbonyl (C=O) groups excluding carboxylic acids is 1.